The minimum atomic E-state index is -4.02. The number of likely N-dealkylation sites (N-methyl/N-ethyl adjacent to an activating group) is 2. The van der Waals surface area contributed by atoms with Gasteiger partial charge in [0.1, 0.15) is 5.69 Å². The molecule has 0 radical (unpaired) electrons. The van der Waals surface area contributed by atoms with Crippen molar-refractivity contribution in [1.29, 1.82) is 0 Å². The molecule has 1 aliphatic carbocycles. The lowest BCUT2D eigenvalue weighted by molar-refractivity contribution is -0.138. The van der Waals surface area contributed by atoms with Crippen LogP contribution in [0.3, 0.4) is 0 Å². The summed E-state index contributed by atoms with van der Waals surface area (Å²) in [4.78, 5) is 60.8. The molecular formula is C51H44N6O9S. The smallest absolute Gasteiger partial charge is 0.358 e. The number of amides is 3. The number of fused-ring (bicyclic) bond motifs is 2. The number of nitrogens with zero attached hydrogens (tertiary/aromatic N) is 5. The Labute approximate surface area is 386 Å². The van der Waals surface area contributed by atoms with Gasteiger partial charge in [0.05, 0.1) is 28.9 Å². The van der Waals surface area contributed by atoms with E-state index in [-0.39, 0.29) is 40.5 Å². The lowest BCUT2D eigenvalue weighted by atomic mass is 10.0. The second kappa shape index (κ2) is 17.8. The maximum Gasteiger partial charge on any atom is 0.358 e. The number of primary amides is 1. The first kappa shape index (κ1) is 45.7. The highest BCUT2D eigenvalue weighted by molar-refractivity contribution is 7.90. The standard InChI is InChI=1S/C29H25N3O6S.C22H19N3O3/c1-19-7-9-23(10-8-19)39(36,37)32-15-12-22-18-24(30-25(26(22)32)27(33)38-3)21-6-4-5-20(17-21)11-13-29(35)14-16-31(2)28(29)34;1-25-11-10-22(28,21(25)27)9-8-14-4-2-6-16(12-14)18-13-15-5-3-7-17(15)19(24-18)20(23)26/h4-10,12,15,17-18,35H,14,16H2,1-3H3;2-6,12-13,28H,7,10-11H2,1H3,(H2,23,26)/t29-;22-/m00/s1. The highest BCUT2D eigenvalue weighted by Gasteiger charge is 2.43. The van der Waals surface area contributed by atoms with E-state index in [1.807, 2.05) is 43.3 Å². The number of aromatic nitrogens is 3. The predicted octanol–water partition coefficient (Wildman–Crippen LogP) is 4.34. The molecule has 0 saturated carbocycles. The van der Waals surface area contributed by atoms with Crippen molar-refractivity contribution in [3.8, 4) is 46.2 Å². The van der Waals surface area contributed by atoms with Crippen LogP contribution in [-0.4, -0.2) is 112 Å². The SMILES string of the molecule is CN1CC[C@@](O)(C#Cc2cccc(-c3cc4c(c(C(N)=O)n3)CC=C4)c2)C1=O.COC(=O)c1nc(-c2cccc(C#C[C@]3(O)CCN(C)C3=O)c2)cc2ccn(S(=O)(=O)c3ccc(C)cc3)c12. The second-order valence-electron chi connectivity index (χ2n) is 16.4. The van der Waals surface area contributed by atoms with Crippen molar-refractivity contribution in [2.45, 2.75) is 42.3 Å². The summed E-state index contributed by atoms with van der Waals surface area (Å²) >= 11 is 0. The van der Waals surface area contributed by atoms with E-state index in [2.05, 4.69) is 33.6 Å². The number of esters is 1. The van der Waals surface area contributed by atoms with E-state index in [0.29, 0.717) is 53.0 Å². The average molecular weight is 917 g/mol. The Balaban J connectivity index is 0.000000192. The number of nitrogens with two attached hydrogens (primary N) is 1. The Hall–Kier alpha value is -7.89. The van der Waals surface area contributed by atoms with Crippen molar-refractivity contribution in [2.75, 3.05) is 34.3 Å². The topological polar surface area (TPSA) is 215 Å². The van der Waals surface area contributed by atoms with Gasteiger partial charge in [-0.2, -0.15) is 0 Å². The monoisotopic (exact) mass is 916 g/mol. The van der Waals surface area contributed by atoms with Crippen molar-refractivity contribution in [3.05, 3.63) is 142 Å². The number of benzene rings is 3. The number of aryl methyl sites for hydroxylation is 1. The van der Waals surface area contributed by atoms with Crippen LogP contribution in [0.25, 0.3) is 39.5 Å². The lowest BCUT2D eigenvalue weighted by Gasteiger charge is -2.13. The molecule has 3 aliphatic rings. The van der Waals surface area contributed by atoms with E-state index in [0.717, 1.165) is 26.2 Å². The molecule has 0 unspecified atom stereocenters. The van der Waals surface area contributed by atoms with E-state index in [1.165, 1.54) is 35.2 Å². The molecule has 3 aromatic carbocycles. The van der Waals surface area contributed by atoms with Crippen LogP contribution in [-0.2, 0) is 30.8 Å². The summed E-state index contributed by atoms with van der Waals surface area (Å²) < 4.78 is 32.9. The summed E-state index contributed by atoms with van der Waals surface area (Å²) in [7, 11) is 0.439. The highest BCUT2D eigenvalue weighted by Crippen LogP contribution is 2.31. The molecule has 2 atom stereocenters. The van der Waals surface area contributed by atoms with Gasteiger partial charge in [-0.3, -0.25) is 14.4 Å². The molecule has 0 spiro atoms. The number of pyridine rings is 2. The second-order valence-corrected chi connectivity index (χ2v) is 18.3. The fourth-order valence-electron chi connectivity index (χ4n) is 7.96. The van der Waals surface area contributed by atoms with Crippen LogP contribution in [0.5, 0.6) is 0 Å². The van der Waals surface area contributed by atoms with E-state index < -0.39 is 39.0 Å². The van der Waals surface area contributed by atoms with Crippen LogP contribution in [0.15, 0.2) is 108 Å². The Morgan fingerprint density at radius 3 is 1.85 bits per heavy atom. The first-order valence-electron chi connectivity index (χ1n) is 21.1. The maximum atomic E-state index is 13.5. The summed E-state index contributed by atoms with van der Waals surface area (Å²) in [5.74, 6) is 9.01. The Kier molecular flexibility index (Phi) is 12.2. The zero-order chi connectivity index (χ0) is 47.8. The largest absolute Gasteiger partial charge is 0.464 e. The van der Waals surface area contributed by atoms with Crippen LogP contribution >= 0.6 is 0 Å². The highest BCUT2D eigenvalue weighted by atomic mass is 32.2. The Morgan fingerprint density at radius 1 is 0.776 bits per heavy atom. The number of carbonyl (C=O) groups excluding carboxylic acids is 4. The van der Waals surface area contributed by atoms with Gasteiger partial charge in [-0.15, -0.1) is 0 Å². The molecule has 0 bridgehead atoms. The van der Waals surface area contributed by atoms with E-state index in [4.69, 9.17) is 10.5 Å². The molecule has 9 rings (SSSR count). The molecule has 4 N–H and O–H groups in total. The summed E-state index contributed by atoms with van der Waals surface area (Å²) in [6.45, 7) is 2.76. The lowest BCUT2D eigenvalue weighted by Crippen LogP contribution is -2.37. The number of aliphatic hydroxyl groups is 2. The zero-order valence-electron chi connectivity index (χ0n) is 36.9. The molecule has 3 amide bonds. The first-order chi connectivity index (χ1) is 31.9. The third-order valence-electron chi connectivity index (χ3n) is 11.8. The minimum absolute atomic E-state index is 0.0744. The summed E-state index contributed by atoms with van der Waals surface area (Å²) in [6, 6.07) is 25.9. The molecule has 5 heterocycles. The fraction of sp³-hybridized carbons (Fsp3) is 0.216. The van der Waals surface area contributed by atoms with Gasteiger partial charge in [0, 0.05) is 73.9 Å². The molecule has 338 valence electrons. The average Bonchev–Trinajstić information content (AvgIpc) is 4.11. The molecule has 2 fully saturated rings. The molecule has 67 heavy (non-hydrogen) atoms. The van der Waals surface area contributed by atoms with Crippen LogP contribution in [0.1, 0.15) is 61.6 Å². The van der Waals surface area contributed by atoms with Crippen LogP contribution in [0.4, 0.5) is 0 Å². The summed E-state index contributed by atoms with van der Waals surface area (Å²) in [6.07, 6.45) is 6.46. The molecule has 6 aromatic rings. The van der Waals surface area contributed by atoms with Gasteiger partial charge in [-0.25, -0.2) is 27.2 Å². The number of rotatable bonds is 6. The first-order valence-corrected chi connectivity index (χ1v) is 22.5. The number of hydrogen-bond donors (Lipinski definition) is 3. The molecule has 2 aliphatic heterocycles. The number of likely N-dealkylation sites (tertiary alicyclic amines) is 2. The van der Waals surface area contributed by atoms with Gasteiger partial charge >= 0.3 is 5.97 Å². The van der Waals surface area contributed by atoms with Crippen molar-refractivity contribution < 1.29 is 42.5 Å². The normalized spacial score (nSPS) is 18.4. The summed E-state index contributed by atoms with van der Waals surface area (Å²) in [5.41, 5.74) is 8.63. The Bertz CT molecular complexity index is 3320. The molecule has 15 nitrogen and oxygen atoms in total. The van der Waals surface area contributed by atoms with E-state index >= 15 is 0 Å². The predicted molar refractivity (Wildman–Crippen MR) is 249 cm³/mol. The van der Waals surface area contributed by atoms with E-state index in [9.17, 15) is 37.8 Å². The van der Waals surface area contributed by atoms with Crippen molar-refractivity contribution in [2.24, 2.45) is 5.73 Å². The molecule has 2 saturated heterocycles. The van der Waals surface area contributed by atoms with Gasteiger partial charge in [0.2, 0.25) is 11.2 Å². The number of hydrogen-bond acceptors (Lipinski definition) is 11. The van der Waals surface area contributed by atoms with Crippen molar-refractivity contribution in [1.82, 2.24) is 23.7 Å². The third-order valence-corrected chi connectivity index (χ3v) is 13.5. The van der Waals surface area contributed by atoms with Crippen molar-refractivity contribution in [3.63, 3.8) is 0 Å². The molecular weight excluding hydrogens is 873 g/mol. The number of methoxy groups -OCH3 is 1. The van der Waals surface area contributed by atoms with Crippen LogP contribution in [0, 0.1) is 30.6 Å². The number of ether oxygens (including phenoxy) is 1. The Morgan fingerprint density at radius 2 is 1.33 bits per heavy atom. The fourth-order valence-corrected chi connectivity index (χ4v) is 9.32. The van der Waals surface area contributed by atoms with Crippen LogP contribution in [0.2, 0.25) is 0 Å². The van der Waals surface area contributed by atoms with Gasteiger partial charge in [0.25, 0.3) is 27.7 Å². The van der Waals surface area contributed by atoms with Gasteiger partial charge in [0.15, 0.2) is 5.69 Å². The van der Waals surface area contributed by atoms with Crippen molar-refractivity contribution >= 4 is 50.7 Å². The quantitative estimate of drug-likeness (QED) is 0.158. The number of allylic oxidation sites excluding steroid dienone is 1. The third kappa shape index (κ3) is 8.93. The maximum absolute atomic E-state index is 13.5. The minimum Gasteiger partial charge on any atom is -0.464 e. The zero-order valence-corrected chi connectivity index (χ0v) is 37.7. The van der Waals surface area contributed by atoms with Gasteiger partial charge in [-0.1, -0.05) is 77.8 Å². The number of carbonyl (C=O) groups is 4. The van der Waals surface area contributed by atoms with Gasteiger partial charge < -0.3 is 30.5 Å². The molecule has 16 heteroatoms. The van der Waals surface area contributed by atoms with Gasteiger partial charge in [-0.05, 0) is 79.1 Å². The summed E-state index contributed by atoms with van der Waals surface area (Å²) in [5, 5.41) is 21.5. The molecule has 3 aromatic heterocycles. The van der Waals surface area contributed by atoms with E-state index in [1.54, 1.807) is 68.7 Å². The van der Waals surface area contributed by atoms with Crippen LogP contribution < -0.4 is 5.73 Å².